The van der Waals surface area contributed by atoms with Gasteiger partial charge in [-0.25, -0.2) is 4.68 Å². The van der Waals surface area contributed by atoms with Crippen molar-refractivity contribution in [1.29, 1.82) is 0 Å². The SMILES string of the molecule is Cc1nn(-c2ccccc2)c(C)c1/C=C/C(=O)N1CCC(C(=O)Nc2ccc3c(c2)OCO3)CC1. The van der Waals surface area contributed by atoms with Crippen LogP contribution in [0, 0.1) is 19.8 Å². The van der Waals surface area contributed by atoms with E-state index in [0.717, 1.165) is 22.6 Å². The average molecular weight is 473 g/mol. The molecule has 0 unspecified atom stereocenters. The summed E-state index contributed by atoms with van der Waals surface area (Å²) in [5.74, 6) is 1.09. The van der Waals surface area contributed by atoms with Gasteiger partial charge < -0.3 is 19.7 Å². The minimum Gasteiger partial charge on any atom is -0.454 e. The Balaban J connectivity index is 1.17. The van der Waals surface area contributed by atoms with Crippen molar-refractivity contribution in [3.8, 4) is 17.2 Å². The Morgan fingerprint density at radius 1 is 1.03 bits per heavy atom. The van der Waals surface area contributed by atoms with Crippen LogP contribution in [0.1, 0.15) is 29.8 Å². The molecule has 0 bridgehead atoms. The van der Waals surface area contributed by atoms with E-state index in [1.54, 1.807) is 29.2 Å². The molecule has 1 N–H and O–H groups in total. The standard InChI is InChI=1S/C27H28N4O4/c1-18-23(19(2)31(29-18)22-6-4-3-5-7-22)9-11-26(32)30-14-12-20(13-15-30)27(33)28-21-8-10-24-25(16-21)35-17-34-24/h3-11,16,20H,12-15,17H2,1-2H3,(H,28,33)/b11-9+. The molecule has 1 saturated heterocycles. The lowest BCUT2D eigenvalue weighted by molar-refractivity contribution is -0.130. The smallest absolute Gasteiger partial charge is 0.246 e. The molecule has 3 heterocycles. The molecule has 0 radical (unpaired) electrons. The van der Waals surface area contributed by atoms with Crippen LogP contribution in [0.5, 0.6) is 11.5 Å². The number of aromatic nitrogens is 2. The number of carbonyl (C=O) groups is 2. The highest BCUT2D eigenvalue weighted by Gasteiger charge is 2.27. The van der Waals surface area contributed by atoms with Gasteiger partial charge >= 0.3 is 0 Å². The van der Waals surface area contributed by atoms with E-state index in [1.165, 1.54) is 0 Å². The van der Waals surface area contributed by atoms with Crippen molar-refractivity contribution in [2.75, 3.05) is 25.2 Å². The molecule has 180 valence electrons. The molecule has 0 spiro atoms. The maximum atomic E-state index is 12.8. The summed E-state index contributed by atoms with van der Waals surface area (Å²) in [6, 6.07) is 15.3. The van der Waals surface area contributed by atoms with E-state index in [-0.39, 0.29) is 24.5 Å². The Kier molecular flexibility index (Phi) is 6.27. The molecule has 0 aliphatic carbocycles. The van der Waals surface area contributed by atoms with Gasteiger partial charge in [0.15, 0.2) is 11.5 Å². The minimum atomic E-state index is -0.137. The molecular formula is C27H28N4O4. The summed E-state index contributed by atoms with van der Waals surface area (Å²) in [5.41, 5.74) is 4.47. The molecule has 2 amide bonds. The Hall–Kier alpha value is -4.07. The zero-order valence-corrected chi connectivity index (χ0v) is 19.9. The Morgan fingerprint density at radius 2 is 1.77 bits per heavy atom. The first kappa shape index (κ1) is 22.7. The molecule has 2 aliphatic rings. The van der Waals surface area contributed by atoms with E-state index in [2.05, 4.69) is 10.4 Å². The first-order valence-corrected chi connectivity index (χ1v) is 11.8. The quantitative estimate of drug-likeness (QED) is 0.565. The highest BCUT2D eigenvalue weighted by Crippen LogP contribution is 2.34. The minimum absolute atomic E-state index is 0.0360. The fraction of sp³-hybridized carbons (Fsp3) is 0.296. The van der Waals surface area contributed by atoms with Gasteiger partial charge in [0.1, 0.15) is 0 Å². The van der Waals surface area contributed by atoms with Crippen LogP contribution in [-0.4, -0.2) is 46.4 Å². The van der Waals surface area contributed by atoms with Crippen molar-refractivity contribution in [3.05, 3.63) is 71.6 Å². The molecule has 2 aromatic carbocycles. The second-order valence-electron chi connectivity index (χ2n) is 8.82. The summed E-state index contributed by atoms with van der Waals surface area (Å²) >= 11 is 0. The van der Waals surface area contributed by atoms with Crippen LogP contribution in [0.2, 0.25) is 0 Å². The largest absolute Gasteiger partial charge is 0.454 e. The molecule has 5 rings (SSSR count). The first-order chi connectivity index (χ1) is 17.0. The molecule has 1 fully saturated rings. The lowest BCUT2D eigenvalue weighted by Gasteiger charge is -2.30. The zero-order chi connectivity index (χ0) is 24.4. The van der Waals surface area contributed by atoms with E-state index >= 15 is 0 Å². The zero-order valence-electron chi connectivity index (χ0n) is 19.9. The number of ether oxygens (including phenoxy) is 2. The van der Waals surface area contributed by atoms with Crippen molar-refractivity contribution >= 4 is 23.6 Å². The first-order valence-electron chi connectivity index (χ1n) is 11.8. The lowest BCUT2D eigenvalue weighted by Crippen LogP contribution is -2.40. The van der Waals surface area contributed by atoms with Crippen LogP contribution in [-0.2, 0) is 9.59 Å². The average Bonchev–Trinajstić information content (AvgIpc) is 3.46. The van der Waals surface area contributed by atoms with Crippen LogP contribution in [0.3, 0.4) is 0 Å². The van der Waals surface area contributed by atoms with Gasteiger partial charge in [0.2, 0.25) is 18.6 Å². The van der Waals surface area contributed by atoms with Crippen LogP contribution >= 0.6 is 0 Å². The monoisotopic (exact) mass is 472 g/mol. The Bertz CT molecular complexity index is 1270. The van der Waals surface area contributed by atoms with Gasteiger partial charge in [-0.15, -0.1) is 0 Å². The number of piperidine rings is 1. The van der Waals surface area contributed by atoms with Gasteiger partial charge in [-0.1, -0.05) is 18.2 Å². The van der Waals surface area contributed by atoms with E-state index in [1.807, 2.05) is 54.9 Å². The number of anilines is 1. The highest BCUT2D eigenvalue weighted by atomic mass is 16.7. The van der Waals surface area contributed by atoms with Crippen molar-refractivity contribution in [1.82, 2.24) is 14.7 Å². The molecule has 3 aromatic rings. The predicted octanol–water partition coefficient (Wildman–Crippen LogP) is 4.11. The van der Waals surface area contributed by atoms with Crippen molar-refractivity contribution in [2.45, 2.75) is 26.7 Å². The third kappa shape index (κ3) is 4.77. The van der Waals surface area contributed by atoms with E-state index < -0.39 is 0 Å². The fourth-order valence-corrected chi connectivity index (χ4v) is 4.56. The van der Waals surface area contributed by atoms with Crippen molar-refractivity contribution in [3.63, 3.8) is 0 Å². The van der Waals surface area contributed by atoms with Crippen molar-refractivity contribution < 1.29 is 19.1 Å². The maximum Gasteiger partial charge on any atom is 0.246 e. The molecule has 8 heteroatoms. The molecule has 1 aromatic heterocycles. The topological polar surface area (TPSA) is 85.7 Å². The second kappa shape index (κ2) is 9.66. The fourth-order valence-electron chi connectivity index (χ4n) is 4.56. The molecule has 0 atom stereocenters. The Labute approximate surface area is 204 Å². The van der Waals surface area contributed by atoms with Gasteiger partial charge in [-0.2, -0.15) is 5.10 Å². The second-order valence-corrected chi connectivity index (χ2v) is 8.82. The summed E-state index contributed by atoms with van der Waals surface area (Å²) in [6.07, 6.45) is 4.71. The molecular weight excluding hydrogens is 444 g/mol. The third-order valence-corrected chi connectivity index (χ3v) is 6.56. The van der Waals surface area contributed by atoms with Crippen LogP contribution < -0.4 is 14.8 Å². The normalized spacial score (nSPS) is 15.5. The van der Waals surface area contributed by atoms with Gasteiger partial charge in [0.25, 0.3) is 0 Å². The van der Waals surface area contributed by atoms with E-state index in [9.17, 15) is 9.59 Å². The number of nitrogens with one attached hydrogen (secondary N) is 1. The number of carbonyl (C=O) groups excluding carboxylic acids is 2. The molecule has 35 heavy (non-hydrogen) atoms. The van der Waals surface area contributed by atoms with Crippen LogP contribution in [0.4, 0.5) is 5.69 Å². The number of rotatable bonds is 5. The highest BCUT2D eigenvalue weighted by molar-refractivity contribution is 5.94. The van der Waals surface area contributed by atoms with Gasteiger partial charge in [-0.3, -0.25) is 9.59 Å². The number of likely N-dealkylation sites (tertiary alicyclic amines) is 1. The van der Waals surface area contributed by atoms with Crippen LogP contribution in [0.25, 0.3) is 11.8 Å². The summed E-state index contributed by atoms with van der Waals surface area (Å²) in [6.45, 7) is 5.23. The third-order valence-electron chi connectivity index (χ3n) is 6.56. The predicted molar refractivity (Wildman–Crippen MR) is 133 cm³/mol. The van der Waals surface area contributed by atoms with Crippen LogP contribution in [0.15, 0.2) is 54.6 Å². The lowest BCUT2D eigenvalue weighted by atomic mass is 9.95. The number of aryl methyl sites for hydroxylation is 1. The Morgan fingerprint density at radius 3 is 2.54 bits per heavy atom. The van der Waals surface area contributed by atoms with Gasteiger partial charge in [-0.05, 0) is 57.0 Å². The maximum absolute atomic E-state index is 12.8. The number of hydrogen-bond donors (Lipinski definition) is 1. The van der Waals surface area contributed by atoms with Crippen molar-refractivity contribution in [2.24, 2.45) is 5.92 Å². The van der Waals surface area contributed by atoms with E-state index in [4.69, 9.17) is 9.47 Å². The summed E-state index contributed by atoms with van der Waals surface area (Å²) in [4.78, 5) is 27.4. The number of nitrogens with zero attached hydrogens (tertiary/aromatic N) is 3. The number of benzene rings is 2. The number of amides is 2. The number of hydrogen-bond acceptors (Lipinski definition) is 5. The number of para-hydroxylation sites is 1. The summed E-state index contributed by atoms with van der Waals surface area (Å²) < 4.78 is 12.6. The summed E-state index contributed by atoms with van der Waals surface area (Å²) in [5, 5.41) is 7.59. The summed E-state index contributed by atoms with van der Waals surface area (Å²) in [7, 11) is 0. The van der Waals surface area contributed by atoms with Gasteiger partial charge in [0.05, 0.1) is 11.4 Å². The molecule has 0 saturated carbocycles. The molecule has 2 aliphatic heterocycles. The molecule has 8 nitrogen and oxygen atoms in total. The van der Waals surface area contributed by atoms with Gasteiger partial charge in [0, 0.05) is 48.1 Å². The van der Waals surface area contributed by atoms with E-state index in [0.29, 0.717) is 43.1 Å². The number of fused-ring (bicyclic) bond motifs is 1.